The highest BCUT2D eigenvalue weighted by Crippen LogP contribution is 2.29. The van der Waals surface area contributed by atoms with Crippen molar-refractivity contribution in [2.75, 3.05) is 59.4 Å². The molecule has 8 nitrogen and oxygen atoms in total. The van der Waals surface area contributed by atoms with Crippen molar-refractivity contribution in [3.8, 4) is 17.2 Å². The van der Waals surface area contributed by atoms with Gasteiger partial charge in [0.1, 0.15) is 5.75 Å². The number of benzene rings is 2. The molecule has 1 aliphatic rings. The zero-order chi connectivity index (χ0) is 22.2. The minimum Gasteiger partial charge on any atom is -0.495 e. The average Bonchev–Trinajstić information content (AvgIpc) is 2.78. The summed E-state index contributed by atoms with van der Waals surface area (Å²) in [6, 6.07) is 10.4. The van der Waals surface area contributed by atoms with E-state index in [1.807, 2.05) is 17.1 Å². The van der Waals surface area contributed by atoms with E-state index in [1.54, 1.807) is 37.6 Å². The van der Waals surface area contributed by atoms with E-state index in [2.05, 4.69) is 22.4 Å². The highest BCUT2D eigenvalue weighted by molar-refractivity contribution is 6.30. The molecule has 0 atom stereocenters. The standard InChI is InChI=1S/C22H27ClN4O4/c1-26-8-10-27(11-9-26)24-14-16-4-7-19(21(12-16)30-3)31-15-22(28)25-18-6-5-17(23)13-20(18)29-2/h4-7,12-14H,8-11,15H2,1-3H3,(H,25,28)/b24-14+. The number of hydrazone groups is 1. The van der Waals surface area contributed by atoms with Crippen molar-refractivity contribution in [1.82, 2.24) is 9.91 Å². The molecule has 0 aromatic heterocycles. The summed E-state index contributed by atoms with van der Waals surface area (Å²) in [5.41, 5.74) is 1.40. The minimum absolute atomic E-state index is 0.184. The monoisotopic (exact) mass is 446 g/mol. The number of carbonyl (C=O) groups is 1. The molecule has 0 unspecified atom stereocenters. The topological polar surface area (TPSA) is 75.6 Å². The summed E-state index contributed by atoms with van der Waals surface area (Å²) < 4.78 is 16.3. The molecule has 9 heteroatoms. The van der Waals surface area contributed by atoms with Crippen LogP contribution in [0.3, 0.4) is 0 Å². The van der Waals surface area contributed by atoms with E-state index in [1.165, 1.54) is 7.11 Å². The number of rotatable bonds is 8. The summed E-state index contributed by atoms with van der Waals surface area (Å²) in [6.45, 7) is 3.61. The molecular weight excluding hydrogens is 420 g/mol. The van der Waals surface area contributed by atoms with Gasteiger partial charge in [-0.25, -0.2) is 0 Å². The maximum absolute atomic E-state index is 12.3. The lowest BCUT2D eigenvalue weighted by molar-refractivity contribution is -0.118. The second kappa shape index (κ2) is 10.9. The van der Waals surface area contributed by atoms with Crippen LogP contribution in [0.1, 0.15) is 5.56 Å². The number of nitrogens with one attached hydrogen (secondary N) is 1. The van der Waals surface area contributed by atoms with Crippen molar-refractivity contribution in [2.45, 2.75) is 0 Å². The number of ether oxygens (including phenoxy) is 3. The van der Waals surface area contributed by atoms with Crippen molar-refractivity contribution < 1.29 is 19.0 Å². The van der Waals surface area contributed by atoms with Crippen LogP contribution in [0.15, 0.2) is 41.5 Å². The maximum atomic E-state index is 12.3. The Kier molecular flexibility index (Phi) is 7.97. The molecule has 1 heterocycles. The van der Waals surface area contributed by atoms with Gasteiger partial charge in [-0.05, 0) is 42.9 Å². The van der Waals surface area contributed by atoms with Crippen LogP contribution >= 0.6 is 11.6 Å². The fourth-order valence-corrected chi connectivity index (χ4v) is 3.20. The second-order valence-electron chi connectivity index (χ2n) is 7.09. The lowest BCUT2D eigenvalue weighted by atomic mass is 10.2. The van der Waals surface area contributed by atoms with Crippen molar-refractivity contribution >= 4 is 29.4 Å². The number of halogens is 1. The zero-order valence-corrected chi connectivity index (χ0v) is 18.7. The molecule has 166 valence electrons. The lowest BCUT2D eigenvalue weighted by Gasteiger charge is -2.30. The smallest absolute Gasteiger partial charge is 0.262 e. The van der Waals surface area contributed by atoms with Gasteiger partial charge in [0.15, 0.2) is 18.1 Å². The van der Waals surface area contributed by atoms with Crippen molar-refractivity contribution in [3.05, 3.63) is 47.0 Å². The number of nitrogens with zero attached hydrogens (tertiary/aromatic N) is 3. The number of hydrogen-bond acceptors (Lipinski definition) is 7. The molecular formula is C22H27ClN4O4. The molecule has 0 saturated carbocycles. The van der Waals surface area contributed by atoms with Gasteiger partial charge < -0.3 is 24.4 Å². The first-order valence-corrected chi connectivity index (χ1v) is 10.3. The van der Waals surface area contributed by atoms with E-state index >= 15 is 0 Å². The summed E-state index contributed by atoms with van der Waals surface area (Å²) >= 11 is 5.95. The summed E-state index contributed by atoms with van der Waals surface area (Å²) in [4.78, 5) is 14.6. The van der Waals surface area contributed by atoms with Crippen LogP contribution in [0.2, 0.25) is 5.02 Å². The Morgan fingerprint density at radius 2 is 1.81 bits per heavy atom. The Bertz CT molecular complexity index is 930. The summed E-state index contributed by atoms with van der Waals surface area (Å²) in [5.74, 6) is 1.14. The van der Waals surface area contributed by atoms with E-state index < -0.39 is 0 Å². The van der Waals surface area contributed by atoms with Gasteiger partial charge in [0.2, 0.25) is 0 Å². The van der Waals surface area contributed by atoms with Crippen molar-refractivity contribution in [1.29, 1.82) is 0 Å². The van der Waals surface area contributed by atoms with Crippen LogP contribution in [-0.2, 0) is 4.79 Å². The van der Waals surface area contributed by atoms with Gasteiger partial charge in [0.25, 0.3) is 5.91 Å². The molecule has 1 aliphatic heterocycles. The Morgan fingerprint density at radius 3 is 2.52 bits per heavy atom. The highest BCUT2D eigenvalue weighted by Gasteiger charge is 2.13. The largest absolute Gasteiger partial charge is 0.495 e. The number of carbonyl (C=O) groups excluding carboxylic acids is 1. The van der Waals surface area contributed by atoms with E-state index in [0.29, 0.717) is 28.0 Å². The Balaban J connectivity index is 1.58. The third kappa shape index (κ3) is 6.50. The third-order valence-corrected chi connectivity index (χ3v) is 5.07. The molecule has 0 bridgehead atoms. The van der Waals surface area contributed by atoms with Gasteiger partial charge >= 0.3 is 0 Å². The van der Waals surface area contributed by atoms with Crippen LogP contribution in [0, 0.1) is 0 Å². The molecule has 1 N–H and O–H groups in total. The number of amides is 1. The van der Waals surface area contributed by atoms with E-state index in [0.717, 1.165) is 31.7 Å². The van der Waals surface area contributed by atoms with Gasteiger partial charge in [-0.1, -0.05) is 11.6 Å². The SMILES string of the molecule is COc1cc(Cl)ccc1NC(=O)COc1ccc(/C=N/N2CCN(C)CC2)cc1OC. The maximum Gasteiger partial charge on any atom is 0.262 e. The molecule has 31 heavy (non-hydrogen) atoms. The number of piperazine rings is 1. The van der Waals surface area contributed by atoms with Crippen molar-refractivity contribution in [2.24, 2.45) is 5.10 Å². The Hall–Kier alpha value is -2.97. The minimum atomic E-state index is -0.330. The summed E-state index contributed by atoms with van der Waals surface area (Å²) in [6.07, 6.45) is 1.80. The van der Waals surface area contributed by atoms with Crippen LogP contribution in [0.5, 0.6) is 17.2 Å². The van der Waals surface area contributed by atoms with Gasteiger partial charge in [-0.2, -0.15) is 5.10 Å². The number of hydrogen-bond donors (Lipinski definition) is 1. The summed E-state index contributed by atoms with van der Waals surface area (Å²) in [7, 11) is 5.18. The molecule has 0 spiro atoms. The molecule has 1 fully saturated rings. The number of methoxy groups -OCH3 is 2. The lowest BCUT2D eigenvalue weighted by Crippen LogP contribution is -2.41. The quantitative estimate of drug-likeness (QED) is 0.628. The van der Waals surface area contributed by atoms with Gasteiger partial charge in [0, 0.05) is 37.3 Å². The predicted molar refractivity (Wildman–Crippen MR) is 122 cm³/mol. The number of anilines is 1. The number of likely N-dealkylation sites (N-methyl/N-ethyl adjacent to an activating group) is 1. The van der Waals surface area contributed by atoms with Crippen LogP contribution in [0.25, 0.3) is 0 Å². The third-order valence-electron chi connectivity index (χ3n) is 4.83. The van der Waals surface area contributed by atoms with E-state index in [4.69, 9.17) is 25.8 Å². The normalized spacial score (nSPS) is 14.5. The molecule has 1 amide bonds. The summed E-state index contributed by atoms with van der Waals surface area (Å²) in [5, 5.41) is 9.85. The molecule has 1 saturated heterocycles. The Labute approximate surface area is 187 Å². The van der Waals surface area contributed by atoms with Crippen LogP contribution in [-0.4, -0.2) is 76.1 Å². The first-order chi connectivity index (χ1) is 15.0. The van der Waals surface area contributed by atoms with E-state index in [-0.39, 0.29) is 12.5 Å². The van der Waals surface area contributed by atoms with Gasteiger partial charge in [-0.15, -0.1) is 0 Å². The first kappa shape index (κ1) is 22.7. The van der Waals surface area contributed by atoms with Crippen molar-refractivity contribution in [3.63, 3.8) is 0 Å². The van der Waals surface area contributed by atoms with Gasteiger partial charge in [0.05, 0.1) is 26.1 Å². The highest BCUT2D eigenvalue weighted by atomic mass is 35.5. The second-order valence-corrected chi connectivity index (χ2v) is 7.53. The zero-order valence-electron chi connectivity index (χ0n) is 17.9. The predicted octanol–water partition coefficient (Wildman–Crippen LogP) is 2.96. The average molecular weight is 447 g/mol. The van der Waals surface area contributed by atoms with Crippen LogP contribution < -0.4 is 19.5 Å². The first-order valence-electron chi connectivity index (χ1n) is 9.90. The van der Waals surface area contributed by atoms with Gasteiger partial charge in [-0.3, -0.25) is 9.80 Å². The fraction of sp³-hybridized carbons (Fsp3) is 0.364. The molecule has 2 aromatic carbocycles. The fourth-order valence-electron chi connectivity index (χ4n) is 3.04. The molecule has 0 aliphatic carbocycles. The van der Waals surface area contributed by atoms with Crippen LogP contribution in [0.4, 0.5) is 5.69 Å². The van der Waals surface area contributed by atoms with E-state index in [9.17, 15) is 4.79 Å². The molecule has 3 rings (SSSR count). The molecule has 2 aromatic rings. The molecule has 0 radical (unpaired) electrons. The Morgan fingerprint density at radius 1 is 1.06 bits per heavy atom.